The Kier molecular flexibility index (Phi) is 3.10. The smallest absolute Gasteiger partial charge is 0.137 e. The second-order valence-corrected chi connectivity index (χ2v) is 3.40. The fourth-order valence-corrected chi connectivity index (χ4v) is 2.22. The van der Waals surface area contributed by atoms with Gasteiger partial charge < -0.3 is 0 Å². The van der Waals surface area contributed by atoms with Crippen LogP contribution in [0.4, 0.5) is 4.39 Å². The fraction of sp³-hybridized carbons (Fsp3) is 0.143. The molecule has 0 heterocycles. The first-order valence-electron chi connectivity index (χ1n) is 2.74. The van der Waals surface area contributed by atoms with E-state index in [0.29, 0.717) is 4.47 Å². The molecule has 1 rings (SSSR count). The molecule has 0 saturated heterocycles. The Morgan fingerprint density at radius 3 is 2.70 bits per heavy atom. The van der Waals surface area contributed by atoms with Gasteiger partial charge in [-0.05, 0) is 27.6 Å². The van der Waals surface area contributed by atoms with Crippen molar-refractivity contribution in [2.75, 3.05) is 0 Å². The summed E-state index contributed by atoms with van der Waals surface area (Å²) < 4.78 is 14.1. The van der Waals surface area contributed by atoms with Gasteiger partial charge in [0, 0.05) is 4.43 Å². The molecule has 0 aromatic heterocycles. The standard InChI is InChI=1S/C7H5BrFI/c8-7-5(4-10)2-1-3-6(7)9/h1-3H,4H2. The van der Waals surface area contributed by atoms with Gasteiger partial charge in [-0.3, -0.25) is 0 Å². The highest BCUT2D eigenvalue weighted by Gasteiger charge is 2.01. The molecule has 0 bridgehead atoms. The minimum Gasteiger partial charge on any atom is -0.206 e. The number of alkyl halides is 1. The Morgan fingerprint density at radius 2 is 2.20 bits per heavy atom. The second-order valence-electron chi connectivity index (χ2n) is 1.85. The molecule has 0 fully saturated rings. The van der Waals surface area contributed by atoms with Crippen molar-refractivity contribution in [2.24, 2.45) is 0 Å². The van der Waals surface area contributed by atoms with Gasteiger partial charge in [-0.15, -0.1) is 0 Å². The van der Waals surface area contributed by atoms with E-state index in [1.54, 1.807) is 6.07 Å². The van der Waals surface area contributed by atoms with E-state index in [9.17, 15) is 4.39 Å². The van der Waals surface area contributed by atoms with Gasteiger partial charge in [0.2, 0.25) is 0 Å². The lowest BCUT2D eigenvalue weighted by Crippen LogP contribution is -1.83. The number of halogens is 3. The average Bonchev–Trinajstić information content (AvgIpc) is 1.95. The second kappa shape index (κ2) is 3.67. The quantitative estimate of drug-likeness (QED) is 0.549. The lowest BCUT2D eigenvalue weighted by atomic mass is 10.2. The van der Waals surface area contributed by atoms with E-state index in [1.807, 2.05) is 6.07 Å². The van der Waals surface area contributed by atoms with E-state index in [-0.39, 0.29) is 5.82 Å². The highest BCUT2D eigenvalue weighted by molar-refractivity contribution is 14.1. The lowest BCUT2D eigenvalue weighted by Gasteiger charge is -1.98. The molecule has 0 aliphatic rings. The first-order chi connectivity index (χ1) is 4.75. The summed E-state index contributed by atoms with van der Waals surface area (Å²) in [4.78, 5) is 0. The van der Waals surface area contributed by atoms with Gasteiger partial charge in [-0.2, -0.15) is 0 Å². The molecule has 1 aromatic rings. The predicted octanol–water partition coefficient (Wildman–Crippen LogP) is 3.52. The topological polar surface area (TPSA) is 0 Å². The lowest BCUT2D eigenvalue weighted by molar-refractivity contribution is 0.619. The zero-order valence-corrected chi connectivity index (χ0v) is 8.82. The van der Waals surface area contributed by atoms with Gasteiger partial charge in [0.05, 0.1) is 4.47 Å². The highest BCUT2D eigenvalue weighted by Crippen LogP contribution is 2.22. The van der Waals surface area contributed by atoms with Crippen LogP contribution in [0.1, 0.15) is 5.56 Å². The van der Waals surface area contributed by atoms with Gasteiger partial charge in [0.1, 0.15) is 5.82 Å². The first-order valence-corrected chi connectivity index (χ1v) is 5.06. The molecule has 54 valence electrons. The number of benzene rings is 1. The molecule has 0 N–H and O–H groups in total. The summed E-state index contributed by atoms with van der Waals surface area (Å²) in [5, 5.41) is 0. The molecular weight excluding hydrogens is 310 g/mol. The Hall–Kier alpha value is 0.360. The van der Waals surface area contributed by atoms with E-state index < -0.39 is 0 Å². The third kappa shape index (κ3) is 1.69. The van der Waals surface area contributed by atoms with Crippen LogP contribution in [0.5, 0.6) is 0 Å². The Bertz CT molecular complexity index is 237. The summed E-state index contributed by atoms with van der Waals surface area (Å²) in [7, 11) is 0. The molecule has 0 amide bonds. The highest BCUT2D eigenvalue weighted by atomic mass is 127. The minimum atomic E-state index is -0.186. The van der Waals surface area contributed by atoms with E-state index >= 15 is 0 Å². The maximum absolute atomic E-state index is 12.7. The van der Waals surface area contributed by atoms with Gasteiger partial charge in [-0.25, -0.2) is 4.39 Å². The molecule has 10 heavy (non-hydrogen) atoms. The summed E-state index contributed by atoms with van der Waals surface area (Å²) in [5.74, 6) is -0.186. The maximum atomic E-state index is 12.7. The van der Waals surface area contributed by atoms with Crippen LogP contribution in [0.15, 0.2) is 22.7 Å². The minimum absolute atomic E-state index is 0.186. The van der Waals surface area contributed by atoms with E-state index in [1.165, 1.54) is 6.07 Å². The molecule has 0 radical (unpaired) electrons. The van der Waals surface area contributed by atoms with Crippen LogP contribution in [-0.4, -0.2) is 0 Å². The van der Waals surface area contributed by atoms with E-state index in [0.717, 1.165) is 9.99 Å². The molecule has 0 aliphatic heterocycles. The summed E-state index contributed by atoms with van der Waals surface area (Å²) in [6.07, 6.45) is 0. The third-order valence-electron chi connectivity index (χ3n) is 1.18. The van der Waals surface area contributed by atoms with Gasteiger partial charge in [-0.1, -0.05) is 34.7 Å². The molecule has 0 spiro atoms. The predicted molar refractivity (Wildman–Crippen MR) is 51.8 cm³/mol. The van der Waals surface area contributed by atoms with Gasteiger partial charge >= 0.3 is 0 Å². The normalized spacial score (nSPS) is 9.90. The largest absolute Gasteiger partial charge is 0.206 e. The monoisotopic (exact) mass is 314 g/mol. The Balaban J connectivity index is 3.14. The van der Waals surface area contributed by atoms with Crippen LogP contribution >= 0.6 is 38.5 Å². The summed E-state index contributed by atoms with van der Waals surface area (Å²) in [6.45, 7) is 0. The van der Waals surface area contributed by atoms with Crippen molar-refractivity contribution in [1.82, 2.24) is 0 Å². The third-order valence-corrected chi connectivity index (χ3v) is 2.89. The molecule has 3 heteroatoms. The number of rotatable bonds is 1. The van der Waals surface area contributed by atoms with Crippen LogP contribution in [0.2, 0.25) is 0 Å². The summed E-state index contributed by atoms with van der Waals surface area (Å²) in [5.41, 5.74) is 1.00. The zero-order chi connectivity index (χ0) is 7.56. The van der Waals surface area contributed by atoms with Crippen molar-refractivity contribution in [2.45, 2.75) is 4.43 Å². The molecular formula is C7H5BrFI. The van der Waals surface area contributed by atoms with Crippen molar-refractivity contribution in [1.29, 1.82) is 0 Å². The maximum Gasteiger partial charge on any atom is 0.137 e. The van der Waals surface area contributed by atoms with Gasteiger partial charge in [0.15, 0.2) is 0 Å². The van der Waals surface area contributed by atoms with Crippen molar-refractivity contribution in [3.8, 4) is 0 Å². The van der Waals surface area contributed by atoms with Gasteiger partial charge in [0.25, 0.3) is 0 Å². The van der Waals surface area contributed by atoms with Crippen LogP contribution < -0.4 is 0 Å². The van der Waals surface area contributed by atoms with E-state index in [2.05, 4.69) is 38.5 Å². The molecule has 0 unspecified atom stereocenters. The molecule has 0 saturated carbocycles. The summed E-state index contributed by atoms with van der Waals surface area (Å²) >= 11 is 5.36. The molecule has 1 aromatic carbocycles. The SMILES string of the molecule is Fc1cccc(CI)c1Br. The Labute approximate surface area is 81.1 Å². The van der Waals surface area contributed by atoms with E-state index in [4.69, 9.17) is 0 Å². The van der Waals surface area contributed by atoms with Crippen LogP contribution in [0, 0.1) is 5.82 Å². The van der Waals surface area contributed by atoms with Crippen LogP contribution in [-0.2, 0) is 4.43 Å². The van der Waals surface area contributed by atoms with Crippen LogP contribution in [0.25, 0.3) is 0 Å². The van der Waals surface area contributed by atoms with Crippen molar-refractivity contribution >= 4 is 38.5 Å². The molecule has 0 nitrogen and oxygen atoms in total. The average molecular weight is 315 g/mol. The van der Waals surface area contributed by atoms with Crippen molar-refractivity contribution in [3.05, 3.63) is 34.1 Å². The van der Waals surface area contributed by atoms with Crippen molar-refractivity contribution in [3.63, 3.8) is 0 Å². The molecule has 0 aliphatic carbocycles. The fourth-order valence-electron chi connectivity index (χ4n) is 0.652. The Morgan fingerprint density at radius 1 is 1.50 bits per heavy atom. The zero-order valence-electron chi connectivity index (χ0n) is 5.07. The van der Waals surface area contributed by atoms with Crippen molar-refractivity contribution < 1.29 is 4.39 Å². The number of hydrogen-bond donors (Lipinski definition) is 0. The summed E-state index contributed by atoms with van der Waals surface area (Å²) in [6, 6.07) is 5.06. The number of hydrogen-bond acceptors (Lipinski definition) is 0. The first kappa shape index (κ1) is 8.46. The van der Waals surface area contributed by atoms with Crippen LogP contribution in [0.3, 0.4) is 0 Å². The molecule has 0 atom stereocenters.